The molecule has 0 aromatic carbocycles. The lowest BCUT2D eigenvalue weighted by atomic mass is 9.96. The summed E-state index contributed by atoms with van der Waals surface area (Å²) in [6.07, 6.45) is -0.719. The second-order valence-corrected chi connectivity index (χ2v) is 7.29. The lowest BCUT2D eigenvalue weighted by Gasteiger charge is -2.44. The van der Waals surface area contributed by atoms with Gasteiger partial charge in [0, 0.05) is 34.3 Å². The molecule has 11 heteroatoms. The monoisotopic (exact) mass is 446 g/mol. The first kappa shape index (κ1) is 26.8. The minimum atomic E-state index is -1.12. The molecule has 1 saturated heterocycles. The third-order valence-corrected chi connectivity index (χ3v) is 4.45. The summed E-state index contributed by atoms with van der Waals surface area (Å²) < 4.78 is 27.5. The van der Waals surface area contributed by atoms with Gasteiger partial charge in [0.1, 0.15) is 18.8 Å². The van der Waals surface area contributed by atoms with Crippen molar-refractivity contribution in [3.05, 3.63) is 0 Å². The van der Waals surface area contributed by atoms with Crippen LogP contribution >= 0.6 is 0 Å². The lowest BCUT2D eigenvalue weighted by Crippen LogP contribution is -2.66. The number of carbonyl (C=O) groups excluding carboxylic acids is 4. The molecule has 1 heterocycles. The van der Waals surface area contributed by atoms with Crippen molar-refractivity contribution in [3.63, 3.8) is 0 Å². The Labute approximate surface area is 182 Å². The highest BCUT2D eigenvalue weighted by Gasteiger charge is 2.51. The summed E-state index contributed by atoms with van der Waals surface area (Å²) in [5.41, 5.74) is 5.49. The molecule has 3 N–H and O–H groups in total. The fraction of sp³-hybridized carbons (Fsp3) is 0.800. The van der Waals surface area contributed by atoms with Gasteiger partial charge in [0.05, 0.1) is 0 Å². The van der Waals surface area contributed by atoms with Crippen molar-refractivity contribution in [2.45, 2.75) is 84.0 Å². The van der Waals surface area contributed by atoms with E-state index < -0.39 is 54.5 Å². The molecule has 0 saturated carbocycles. The molecule has 1 fully saturated rings. The fourth-order valence-corrected chi connectivity index (χ4v) is 3.23. The van der Waals surface area contributed by atoms with Crippen LogP contribution in [0.25, 0.3) is 0 Å². The first-order valence-electron chi connectivity index (χ1n) is 10.4. The molecule has 0 aromatic heterocycles. The van der Waals surface area contributed by atoms with Gasteiger partial charge in [0.25, 0.3) is 0 Å². The lowest BCUT2D eigenvalue weighted by molar-refractivity contribution is -0.277. The summed E-state index contributed by atoms with van der Waals surface area (Å²) >= 11 is 0. The number of ether oxygens (including phenoxy) is 5. The number of esters is 3. The van der Waals surface area contributed by atoms with Crippen molar-refractivity contribution in [3.8, 4) is 0 Å². The molecule has 1 amide bonds. The van der Waals surface area contributed by atoms with Gasteiger partial charge in [-0.3, -0.25) is 19.2 Å². The molecule has 0 bridgehead atoms. The van der Waals surface area contributed by atoms with Crippen LogP contribution in [0, 0.1) is 0 Å². The molecule has 0 radical (unpaired) electrons. The largest absolute Gasteiger partial charge is 0.463 e. The highest BCUT2D eigenvalue weighted by Crippen LogP contribution is 2.28. The number of rotatable bonds is 12. The molecule has 1 aliphatic heterocycles. The summed E-state index contributed by atoms with van der Waals surface area (Å²) in [5, 5.41) is 2.66. The Kier molecular flexibility index (Phi) is 12.1. The first-order valence-corrected chi connectivity index (χ1v) is 10.4. The van der Waals surface area contributed by atoms with Crippen molar-refractivity contribution in [1.29, 1.82) is 0 Å². The van der Waals surface area contributed by atoms with Crippen molar-refractivity contribution in [2.75, 3.05) is 19.8 Å². The van der Waals surface area contributed by atoms with E-state index in [0.717, 1.165) is 25.7 Å². The second-order valence-electron chi connectivity index (χ2n) is 7.29. The van der Waals surface area contributed by atoms with Crippen molar-refractivity contribution >= 4 is 23.8 Å². The number of nitrogens with two attached hydrogens (primary N) is 1. The fourth-order valence-electron chi connectivity index (χ4n) is 3.23. The van der Waals surface area contributed by atoms with Gasteiger partial charge in [-0.25, -0.2) is 0 Å². The van der Waals surface area contributed by atoms with E-state index in [0.29, 0.717) is 13.2 Å². The zero-order chi connectivity index (χ0) is 23.4. The SMILES string of the molecule is CC(=O)N[C@H]1[C@H](OCCCCCCN)O[C@H](COC(C)=O)C(OC(C)=O)[C@@H]1OC(C)=O. The number of hydrogen-bond acceptors (Lipinski definition) is 10. The van der Waals surface area contributed by atoms with Crippen LogP contribution in [0.4, 0.5) is 0 Å². The third kappa shape index (κ3) is 10.1. The van der Waals surface area contributed by atoms with Gasteiger partial charge in [-0.2, -0.15) is 0 Å². The van der Waals surface area contributed by atoms with Gasteiger partial charge in [0.15, 0.2) is 18.5 Å². The summed E-state index contributed by atoms with van der Waals surface area (Å²) in [6, 6.07) is -0.941. The Balaban J connectivity index is 3.07. The molecular weight excluding hydrogens is 412 g/mol. The standard InChI is InChI=1S/C20H34N2O9/c1-12(23)22-17-19(30-15(4)26)18(29-14(3)25)16(11-28-13(2)24)31-20(17)27-10-8-6-5-7-9-21/h16-20H,5-11,21H2,1-4H3,(H,22,23)/t16-,17-,18?,19-,20-/m1/s1. The van der Waals surface area contributed by atoms with Gasteiger partial charge < -0.3 is 34.7 Å². The maximum Gasteiger partial charge on any atom is 0.303 e. The van der Waals surface area contributed by atoms with Crippen LogP contribution in [0.2, 0.25) is 0 Å². The zero-order valence-corrected chi connectivity index (χ0v) is 18.6. The van der Waals surface area contributed by atoms with Crippen LogP contribution in [-0.2, 0) is 42.9 Å². The maximum absolute atomic E-state index is 11.8. The van der Waals surface area contributed by atoms with Gasteiger partial charge in [-0.1, -0.05) is 12.8 Å². The van der Waals surface area contributed by atoms with Crippen LogP contribution in [0.1, 0.15) is 53.4 Å². The van der Waals surface area contributed by atoms with E-state index in [-0.39, 0.29) is 6.61 Å². The molecule has 0 spiro atoms. The predicted molar refractivity (Wildman–Crippen MR) is 107 cm³/mol. The molecule has 11 nitrogen and oxygen atoms in total. The van der Waals surface area contributed by atoms with Crippen LogP contribution in [0.15, 0.2) is 0 Å². The van der Waals surface area contributed by atoms with Crippen molar-refractivity contribution in [1.82, 2.24) is 5.32 Å². The van der Waals surface area contributed by atoms with Gasteiger partial charge in [0.2, 0.25) is 5.91 Å². The maximum atomic E-state index is 11.8. The Hall–Kier alpha value is -2.24. The number of nitrogens with one attached hydrogen (secondary N) is 1. The summed E-state index contributed by atoms with van der Waals surface area (Å²) in [4.78, 5) is 46.5. The smallest absolute Gasteiger partial charge is 0.303 e. The van der Waals surface area contributed by atoms with Crippen molar-refractivity contribution < 1.29 is 42.9 Å². The first-order chi connectivity index (χ1) is 14.6. The summed E-state index contributed by atoms with van der Waals surface area (Å²) in [5.74, 6) is -2.27. The number of hydrogen-bond donors (Lipinski definition) is 2. The summed E-state index contributed by atoms with van der Waals surface area (Å²) in [7, 11) is 0. The molecule has 31 heavy (non-hydrogen) atoms. The third-order valence-electron chi connectivity index (χ3n) is 4.45. The highest BCUT2D eigenvalue weighted by molar-refractivity contribution is 5.73. The molecule has 1 unspecified atom stereocenters. The molecule has 0 aliphatic carbocycles. The average Bonchev–Trinajstić information content (AvgIpc) is 2.66. The summed E-state index contributed by atoms with van der Waals surface area (Å²) in [6.45, 7) is 5.58. The number of carbonyl (C=O) groups is 4. The predicted octanol–water partition coefficient (Wildman–Crippen LogP) is 0.178. The minimum absolute atomic E-state index is 0.256. The topological polar surface area (TPSA) is 152 Å². The Morgan fingerprint density at radius 1 is 0.871 bits per heavy atom. The van der Waals surface area contributed by atoms with E-state index in [1.807, 2.05) is 0 Å². The van der Waals surface area contributed by atoms with Gasteiger partial charge >= 0.3 is 17.9 Å². The van der Waals surface area contributed by atoms with E-state index in [1.54, 1.807) is 0 Å². The van der Waals surface area contributed by atoms with Gasteiger partial charge in [-0.15, -0.1) is 0 Å². The van der Waals surface area contributed by atoms with E-state index in [1.165, 1.54) is 27.7 Å². The number of unbranched alkanes of at least 4 members (excludes halogenated alkanes) is 3. The molecule has 5 atom stereocenters. The van der Waals surface area contributed by atoms with E-state index in [9.17, 15) is 19.2 Å². The normalized spacial score (nSPS) is 25.4. The molecular formula is C20H34N2O9. The van der Waals surface area contributed by atoms with E-state index >= 15 is 0 Å². The minimum Gasteiger partial charge on any atom is -0.463 e. The van der Waals surface area contributed by atoms with Gasteiger partial charge in [-0.05, 0) is 19.4 Å². The zero-order valence-electron chi connectivity index (χ0n) is 18.6. The van der Waals surface area contributed by atoms with Crippen LogP contribution in [0.5, 0.6) is 0 Å². The average molecular weight is 446 g/mol. The van der Waals surface area contributed by atoms with Crippen LogP contribution in [-0.4, -0.2) is 74.2 Å². The molecule has 1 rings (SSSR count). The second kappa shape index (κ2) is 13.9. The quantitative estimate of drug-likeness (QED) is 0.241. The van der Waals surface area contributed by atoms with Crippen molar-refractivity contribution in [2.24, 2.45) is 5.73 Å². The van der Waals surface area contributed by atoms with Crippen LogP contribution in [0.3, 0.4) is 0 Å². The molecule has 1 aliphatic rings. The van der Waals surface area contributed by atoms with E-state index in [2.05, 4.69) is 5.32 Å². The molecule has 178 valence electrons. The Morgan fingerprint density at radius 3 is 2.03 bits per heavy atom. The highest BCUT2D eigenvalue weighted by atomic mass is 16.7. The Morgan fingerprint density at radius 2 is 1.48 bits per heavy atom. The molecule has 0 aromatic rings. The number of amides is 1. The Bertz CT molecular complexity index is 613. The van der Waals surface area contributed by atoms with Crippen LogP contribution < -0.4 is 11.1 Å². The van der Waals surface area contributed by atoms with E-state index in [4.69, 9.17) is 29.4 Å².